The van der Waals surface area contributed by atoms with E-state index in [4.69, 9.17) is 20.8 Å². The number of hydrogen-bond donors (Lipinski definition) is 1. The van der Waals surface area contributed by atoms with Crippen molar-refractivity contribution < 1.29 is 13.9 Å². The van der Waals surface area contributed by atoms with E-state index >= 15 is 0 Å². The molecular formula is C14H14ClNO3. The molecule has 2 aromatic rings. The van der Waals surface area contributed by atoms with Gasteiger partial charge in [0.2, 0.25) is 0 Å². The number of benzene rings is 1. The van der Waals surface area contributed by atoms with E-state index in [2.05, 4.69) is 5.32 Å². The number of amides is 1. The summed E-state index contributed by atoms with van der Waals surface area (Å²) in [5.41, 5.74) is 0.397. The predicted molar refractivity (Wildman–Crippen MR) is 72.6 cm³/mol. The molecule has 0 aliphatic carbocycles. The second-order valence-corrected chi connectivity index (χ2v) is 4.49. The van der Waals surface area contributed by atoms with E-state index in [-0.39, 0.29) is 11.9 Å². The van der Waals surface area contributed by atoms with Gasteiger partial charge in [0, 0.05) is 5.02 Å². The first kappa shape index (κ1) is 13.5. The summed E-state index contributed by atoms with van der Waals surface area (Å²) in [5, 5.41) is 3.31. The van der Waals surface area contributed by atoms with Crippen molar-refractivity contribution in [3.63, 3.8) is 0 Å². The maximum atomic E-state index is 12.2. The highest BCUT2D eigenvalue weighted by Gasteiger charge is 2.17. The third-order valence-electron chi connectivity index (χ3n) is 2.72. The van der Waals surface area contributed by atoms with Gasteiger partial charge in [-0.15, -0.1) is 0 Å². The number of carbonyl (C=O) groups is 1. The topological polar surface area (TPSA) is 51.5 Å². The Bertz CT molecular complexity index is 566. The summed E-state index contributed by atoms with van der Waals surface area (Å²) in [4.78, 5) is 12.2. The monoisotopic (exact) mass is 279 g/mol. The van der Waals surface area contributed by atoms with E-state index in [1.807, 2.05) is 6.92 Å². The van der Waals surface area contributed by atoms with Crippen molar-refractivity contribution in [3.8, 4) is 5.75 Å². The number of hydrogen-bond acceptors (Lipinski definition) is 3. The van der Waals surface area contributed by atoms with Crippen molar-refractivity contribution in [1.29, 1.82) is 0 Å². The smallest absolute Gasteiger partial charge is 0.255 e. The molecule has 100 valence electrons. The molecule has 0 aliphatic rings. The van der Waals surface area contributed by atoms with Crippen LogP contribution in [0, 0.1) is 0 Å². The van der Waals surface area contributed by atoms with Crippen LogP contribution in [0.2, 0.25) is 5.02 Å². The lowest BCUT2D eigenvalue weighted by atomic mass is 10.1. The highest BCUT2D eigenvalue weighted by Crippen LogP contribution is 2.23. The third-order valence-corrected chi connectivity index (χ3v) is 2.96. The molecule has 0 bridgehead atoms. The van der Waals surface area contributed by atoms with Crippen LogP contribution in [0.15, 0.2) is 41.0 Å². The molecular weight excluding hydrogens is 266 g/mol. The molecule has 1 aromatic heterocycles. The molecule has 0 saturated carbocycles. The van der Waals surface area contributed by atoms with E-state index in [9.17, 15) is 4.79 Å². The Morgan fingerprint density at radius 1 is 1.42 bits per heavy atom. The Kier molecular flexibility index (Phi) is 4.12. The van der Waals surface area contributed by atoms with Crippen molar-refractivity contribution in [1.82, 2.24) is 5.32 Å². The fraction of sp³-hybridized carbons (Fsp3) is 0.214. The first-order chi connectivity index (χ1) is 9.11. The number of nitrogens with one attached hydrogen (secondary N) is 1. The first-order valence-corrected chi connectivity index (χ1v) is 6.17. The van der Waals surface area contributed by atoms with Crippen molar-refractivity contribution in [2.45, 2.75) is 13.0 Å². The molecule has 19 heavy (non-hydrogen) atoms. The SMILES string of the molecule is COc1ccc(Cl)cc1C(=O)NC(C)c1ccco1. The Morgan fingerprint density at radius 3 is 2.84 bits per heavy atom. The lowest BCUT2D eigenvalue weighted by molar-refractivity contribution is 0.0932. The van der Waals surface area contributed by atoms with E-state index in [0.717, 1.165) is 0 Å². The van der Waals surface area contributed by atoms with Crippen LogP contribution in [0.1, 0.15) is 29.1 Å². The maximum Gasteiger partial charge on any atom is 0.255 e. The minimum atomic E-state index is -0.261. The lowest BCUT2D eigenvalue weighted by Gasteiger charge is -2.13. The van der Waals surface area contributed by atoms with Crippen LogP contribution < -0.4 is 10.1 Å². The molecule has 5 heteroatoms. The minimum absolute atomic E-state index is 0.230. The average Bonchev–Trinajstić information content (AvgIpc) is 2.92. The fourth-order valence-corrected chi connectivity index (χ4v) is 1.91. The van der Waals surface area contributed by atoms with Gasteiger partial charge in [0.15, 0.2) is 0 Å². The van der Waals surface area contributed by atoms with Crippen molar-refractivity contribution >= 4 is 17.5 Å². The summed E-state index contributed by atoms with van der Waals surface area (Å²) in [6, 6.07) is 8.26. The molecule has 1 atom stereocenters. The standard InChI is InChI=1S/C14H14ClNO3/c1-9(12-4-3-7-19-12)16-14(17)11-8-10(15)5-6-13(11)18-2/h3-9H,1-2H3,(H,16,17). The van der Waals surface area contributed by atoms with Gasteiger partial charge in [0.1, 0.15) is 11.5 Å². The summed E-state index contributed by atoms with van der Waals surface area (Å²) in [6.45, 7) is 1.84. The molecule has 0 radical (unpaired) electrons. The van der Waals surface area contributed by atoms with E-state index in [0.29, 0.717) is 22.1 Å². The summed E-state index contributed by atoms with van der Waals surface area (Å²) in [6.07, 6.45) is 1.57. The number of rotatable bonds is 4. The van der Waals surface area contributed by atoms with Crippen LogP contribution in [-0.4, -0.2) is 13.0 Å². The summed E-state index contributed by atoms with van der Waals surface area (Å²) < 4.78 is 10.4. The van der Waals surface area contributed by atoms with Gasteiger partial charge in [-0.1, -0.05) is 11.6 Å². The van der Waals surface area contributed by atoms with E-state index in [1.54, 1.807) is 36.6 Å². The van der Waals surface area contributed by atoms with Crippen molar-refractivity contribution in [2.24, 2.45) is 0 Å². The van der Waals surface area contributed by atoms with Gasteiger partial charge in [0.25, 0.3) is 5.91 Å². The Balaban J connectivity index is 2.18. The quantitative estimate of drug-likeness (QED) is 0.933. The van der Waals surface area contributed by atoms with Crippen LogP contribution in [0.4, 0.5) is 0 Å². The Morgan fingerprint density at radius 2 is 2.21 bits per heavy atom. The highest BCUT2D eigenvalue weighted by atomic mass is 35.5. The minimum Gasteiger partial charge on any atom is -0.496 e. The molecule has 1 amide bonds. The Labute approximate surface area is 116 Å². The molecule has 1 heterocycles. The predicted octanol–water partition coefficient (Wildman–Crippen LogP) is 3.43. The normalized spacial score (nSPS) is 11.9. The van der Waals surface area contributed by atoms with Gasteiger partial charge in [-0.3, -0.25) is 4.79 Å². The summed E-state index contributed by atoms with van der Waals surface area (Å²) in [7, 11) is 1.51. The van der Waals surface area contributed by atoms with Crippen LogP contribution in [0.3, 0.4) is 0 Å². The molecule has 1 aromatic carbocycles. The molecule has 0 fully saturated rings. The van der Waals surface area contributed by atoms with Gasteiger partial charge in [0.05, 0.1) is 25.0 Å². The average molecular weight is 280 g/mol. The zero-order valence-corrected chi connectivity index (χ0v) is 11.4. The van der Waals surface area contributed by atoms with E-state index < -0.39 is 0 Å². The lowest BCUT2D eigenvalue weighted by Crippen LogP contribution is -2.26. The molecule has 0 saturated heterocycles. The largest absolute Gasteiger partial charge is 0.496 e. The van der Waals surface area contributed by atoms with Crippen LogP contribution in [0.25, 0.3) is 0 Å². The van der Waals surface area contributed by atoms with Crippen molar-refractivity contribution in [2.75, 3.05) is 7.11 Å². The number of carbonyl (C=O) groups excluding carboxylic acids is 1. The second-order valence-electron chi connectivity index (χ2n) is 4.06. The first-order valence-electron chi connectivity index (χ1n) is 5.79. The van der Waals surface area contributed by atoms with Gasteiger partial charge in [-0.2, -0.15) is 0 Å². The van der Waals surface area contributed by atoms with Crippen LogP contribution >= 0.6 is 11.6 Å². The molecule has 1 unspecified atom stereocenters. The molecule has 2 rings (SSSR count). The van der Waals surface area contributed by atoms with Crippen LogP contribution in [0.5, 0.6) is 5.75 Å². The highest BCUT2D eigenvalue weighted by molar-refractivity contribution is 6.31. The number of ether oxygens (including phenoxy) is 1. The van der Waals surface area contributed by atoms with Gasteiger partial charge >= 0.3 is 0 Å². The molecule has 4 nitrogen and oxygen atoms in total. The van der Waals surface area contributed by atoms with E-state index in [1.165, 1.54) is 7.11 Å². The third kappa shape index (κ3) is 3.09. The molecule has 0 aliphatic heterocycles. The van der Waals surface area contributed by atoms with Gasteiger partial charge < -0.3 is 14.5 Å². The zero-order valence-electron chi connectivity index (χ0n) is 10.6. The maximum absolute atomic E-state index is 12.2. The number of furan rings is 1. The van der Waals surface area contributed by atoms with Gasteiger partial charge in [-0.25, -0.2) is 0 Å². The fourth-order valence-electron chi connectivity index (χ4n) is 1.74. The van der Waals surface area contributed by atoms with Gasteiger partial charge in [-0.05, 0) is 37.3 Å². The molecule has 1 N–H and O–H groups in total. The Hall–Kier alpha value is -1.94. The number of methoxy groups -OCH3 is 1. The summed E-state index contributed by atoms with van der Waals surface area (Å²) >= 11 is 5.90. The molecule has 0 spiro atoms. The summed E-state index contributed by atoms with van der Waals surface area (Å²) in [5.74, 6) is 0.908. The zero-order chi connectivity index (χ0) is 13.8. The number of halogens is 1. The second kappa shape index (κ2) is 5.80. The van der Waals surface area contributed by atoms with Crippen LogP contribution in [-0.2, 0) is 0 Å². The van der Waals surface area contributed by atoms with Crippen molar-refractivity contribution in [3.05, 3.63) is 52.9 Å².